The van der Waals surface area contributed by atoms with Gasteiger partial charge in [0, 0.05) is 6.07 Å². The second-order valence-corrected chi connectivity index (χ2v) is 5.47. The summed E-state index contributed by atoms with van der Waals surface area (Å²) >= 11 is 3.16. The van der Waals surface area contributed by atoms with E-state index in [1.807, 2.05) is 24.3 Å². The van der Waals surface area contributed by atoms with Crippen molar-refractivity contribution in [3.63, 3.8) is 0 Å². The minimum absolute atomic E-state index is 0.331. The van der Waals surface area contributed by atoms with Crippen molar-refractivity contribution in [1.82, 2.24) is 19.9 Å². The molecule has 6 heteroatoms. The molecule has 0 spiro atoms. The van der Waals surface area contributed by atoms with Gasteiger partial charge in [-0.15, -0.1) is 0 Å². The molecule has 0 bridgehead atoms. The van der Waals surface area contributed by atoms with Crippen LogP contribution in [0.4, 0.5) is 4.39 Å². The van der Waals surface area contributed by atoms with Crippen LogP contribution < -0.4 is 0 Å². The van der Waals surface area contributed by atoms with Crippen molar-refractivity contribution in [3.8, 4) is 11.5 Å². The van der Waals surface area contributed by atoms with Crippen molar-refractivity contribution in [2.45, 2.75) is 0 Å². The smallest absolute Gasteiger partial charge is 0.158 e. The first-order valence-electron chi connectivity index (χ1n) is 6.27. The van der Waals surface area contributed by atoms with Crippen LogP contribution in [-0.2, 0) is 0 Å². The first-order chi connectivity index (χ1) is 10.2. The molecule has 0 unspecified atom stereocenters. The molecule has 4 aromatic rings. The van der Waals surface area contributed by atoms with E-state index in [1.165, 1.54) is 6.07 Å². The lowest BCUT2D eigenvalue weighted by molar-refractivity contribution is 0.623. The van der Waals surface area contributed by atoms with Crippen molar-refractivity contribution >= 4 is 38.0 Å². The highest BCUT2D eigenvalue weighted by molar-refractivity contribution is 9.10. The number of H-pyrrole nitrogens is 1. The van der Waals surface area contributed by atoms with E-state index < -0.39 is 0 Å². The molecule has 0 saturated heterocycles. The fraction of sp³-hybridized carbons (Fsp3) is 0. The Morgan fingerprint density at radius 2 is 1.81 bits per heavy atom. The zero-order valence-corrected chi connectivity index (χ0v) is 12.2. The van der Waals surface area contributed by atoms with Crippen LogP contribution in [0.1, 0.15) is 0 Å². The van der Waals surface area contributed by atoms with E-state index in [9.17, 15) is 4.39 Å². The highest BCUT2D eigenvalue weighted by Gasteiger charge is 2.10. The minimum atomic E-state index is -0.331. The average Bonchev–Trinajstić information content (AvgIpc) is 2.90. The van der Waals surface area contributed by atoms with Gasteiger partial charge in [-0.2, -0.15) is 0 Å². The quantitative estimate of drug-likeness (QED) is 0.567. The Morgan fingerprint density at radius 1 is 1.00 bits per heavy atom. The van der Waals surface area contributed by atoms with Gasteiger partial charge in [0.15, 0.2) is 5.82 Å². The molecule has 0 amide bonds. The number of hydrogen-bond donors (Lipinski definition) is 1. The molecule has 0 saturated carbocycles. The molecule has 4 rings (SSSR count). The van der Waals surface area contributed by atoms with Crippen LogP contribution >= 0.6 is 15.9 Å². The van der Waals surface area contributed by atoms with Gasteiger partial charge in [0.2, 0.25) is 0 Å². The fourth-order valence-electron chi connectivity index (χ4n) is 2.20. The predicted octanol–water partition coefficient (Wildman–Crippen LogP) is 4.07. The summed E-state index contributed by atoms with van der Waals surface area (Å²) in [7, 11) is 0. The van der Waals surface area contributed by atoms with Gasteiger partial charge in [0.05, 0.1) is 32.7 Å². The Balaban J connectivity index is 1.91. The van der Waals surface area contributed by atoms with E-state index in [-0.39, 0.29) is 5.82 Å². The fourth-order valence-corrected chi connectivity index (χ4v) is 2.53. The number of fused-ring (bicyclic) bond motifs is 2. The van der Waals surface area contributed by atoms with Crippen LogP contribution in [0, 0.1) is 5.82 Å². The Hall–Kier alpha value is -2.34. The van der Waals surface area contributed by atoms with E-state index in [0.29, 0.717) is 27.0 Å². The molecule has 0 radical (unpaired) electrons. The van der Waals surface area contributed by atoms with Gasteiger partial charge in [-0.3, -0.25) is 4.98 Å². The van der Waals surface area contributed by atoms with Crippen LogP contribution in [-0.4, -0.2) is 19.9 Å². The third-order valence-electron chi connectivity index (χ3n) is 3.22. The summed E-state index contributed by atoms with van der Waals surface area (Å²) in [6.45, 7) is 0. The monoisotopic (exact) mass is 342 g/mol. The summed E-state index contributed by atoms with van der Waals surface area (Å²) in [4.78, 5) is 16.4. The molecule has 2 heterocycles. The lowest BCUT2D eigenvalue weighted by Crippen LogP contribution is -1.89. The van der Waals surface area contributed by atoms with Crippen LogP contribution in [0.15, 0.2) is 47.1 Å². The molecule has 1 N–H and O–H groups in total. The predicted molar refractivity (Wildman–Crippen MR) is 82.3 cm³/mol. The van der Waals surface area contributed by atoms with Crippen LogP contribution in [0.2, 0.25) is 0 Å². The molecule has 0 aliphatic heterocycles. The number of benzene rings is 2. The zero-order valence-electron chi connectivity index (χ0n) is 10.6. The highest BCUT2D eigenvalue weighted by Crippen LogP contribution is 2.25. The summed E-state index contributed by atoms with van der Waals surface area (Å²) in [5, 5.41) is 0. The molecule has 21 heavy (non-hydrogen) atoms. The largest absolute Gasteiger partial charge is 0.337 e. The topological polar surface area (TPSA) is 54.5 Å². The molecular weight excluding hydrogens is 335 g/mol. The van der Waals surface area contributed by atoms with Crippen LogP contribution in [0.25, 0.3) is 33.6 Å². The van der Waals surface area contributed by atoms with E-state index >= 15 is 0 Å². The van der Waals surface area contributed by atoms with Gasteiger partial charge < -0.3 is 4.98 Å². The third kappa shape index (κ3) is 2.08. The molecular formula is C15H8BrFN4. The number of aromatic amines is 1. The molecule has 102 valence electrons. The number of nitrogens with one attached hydrogen (secondary N) is 1. The summed E-state index contributed by atoms with van der Waals surface area (Å²) in [6, 6.07) is 10.7. The van der Waals surface area contributed by atoms with E-state index in [4.69, 9.17) is 0 Å². The Morgan fingerprint density at radius 3 is 2.67 bits per heavy atom. The number of hydrogen-bond acceptors (Lipinski definition) is 3. The van der Waals surface area contributed by atoms with Gasteiger partial charge in [-0.05, 0) is 34.1 Å². The molecule has 0 aliphatic carbocycles. The Labute approximate surface area is 127 Å². The van der Waals surface area contributed by atoms with Crippen molar-refractivity contribution in [2.75, 3.05) is 0 Å². The first kappa shape index (κ1) is 12.4. The molecule has 2 aromatic carbocycles. The maximum Gasteiger partial charge on any atom is 0.158 e. The van der Waals surface area contributed by atoms with Gasteiger partial charge in [0.25, 0.3) is 0 Å². The molecule has 2 aromatic heterocycles. The summed E-state index contributed by atoms with van der Waals surface area (Å²) in [5.74, 6) is 0.239. The molecule has 4 nitrogen and oxygen atoms in total. The van der Waals surface area contributed by atoms with Crippen molar-refractivity contribution in [3.05, 3.63) is 52.9 Å². The molecule has 0 atom stereocenters. The maximum absolute atomic E-state index is 13.5. The van der Waals surface area contributed by atoms with Crippen LogP contribution in [0.3, 0.4) is 0 Å². The number of nitrogens with zero attached hydrogens (tertiary/aromatic N) is 3. The summed E-state index contributed by atoms with van der Waals surface area (Å²) in [5.41, 5.74) is 3.55. The molecule has 0 fully saturated rings. The van der Waals surface area contributed by atoms with Crippen molar-refractivity contribution in [2.24, 2.45) is 0 Å². The van der Waals surface area contributed by atoms with Gasteiger partial charge in [-0.25, -0.2) is 14.4 Å². The van der Waals surface area contributed by atoms with E-state index in [2.05, 4.69) is 35.9 Å². The van der Waals surface area contributed by atoms with E-state index in [0.717, 1.165) is 11.0 Å². The third-order valence-corrected chi connectivity index (χ3v) is 3.82. The van der Waals surface area contributed by atoms with Crippen molar-refractivity contribution < 1.29 is 4.39 Å². The standard InChI is InChI=1S/C15H8BrFN4/c16-8-5-12-13(6-9(8)17)21-15(20-12)14-7-18-10-3-1-2-4-11(10)19-14/h1-7H,(H,20,21). The van der Waals surface area contributed by atoms with Gasteiger partial charge in [0.1, 0.15) is 11.5 Å². The van der Waals surface area contributed by atoms with Gasteiger partial charge in [-0.1, -0.05) is 12.1 Å². The summed E-state index contributed by atoms with van der Waals surface area (Å²) < 4.78 is 13.9. The highest BCUT2D eigenvalue weighted by atomic mass is 79.9. The second kappa shape index (κ2) is 4.60. The summed E-state index contributed by atoms with van der Waals surface area (Å²) in [6.07, 6.45) is 1.66. The number of halogens is 2. The molecule has 0 aliphatic rings. The van der Waals surface area contributed by atoms with E-state index in [1.54, 1.807) is 12.3 Å². The zero-order chi connectivity index (χ0) is 14.4. The Kier molecular flexibility index (Phi) is 2.71. The number of rotatable bonds is 1. The normalized spacial score (nSPS) is 11.3. The van der Waals surface area contributed by atoms with Crippen LogP contribution in [0.5, 0.6) is 0 Å². The SMILES string of the molecule is Fc1cc2[nH]c(-c3cnc4ccccc4n3)nc2cc1Br. The lowest BCUT2D eigenvalue weighted by Gasteiger charge is -1.98. The lowest BCUT2D eigenvalue weighted by atomic mass is 10.3. The number of para-hydroxylation sites is 2. The van der Waals surface area contributed by atoms with Crippen molar-refractivity contribution in [1.29, 1.82) is 0 Å². The van der Waals surface area contributed by atoms with Gasteiger partial charge >= 0.3 is 0 Å². The maximum atomic E-state index is 13.5. The first-order valence-corrected chi connectivity index (χ1v) is 7.07. The number of imidazole rings is 1. The minimum Gasteiger partial charge on any atom is -0.337 e. The Bertz CT molecular complexity index is 941. The second-order valence-electron chi connectivity index (χ2n) is 4.61. The number of aromatic nitrogens is 4. The average molecular weight is 343 g/mol.